The molecule has 1 atom stereocenters. The molecule has 1 aromatic carbocycles. The Kier molecular flexibility index (Phi) is 18.2. The second kappa shape index (κ2) is 20.8. The van der Waals surface area contributed by atoms with Crippen molar-refractivity contribution >= 4 is 29.6 Å². The summed E-state index contributed by atoms with van der Waals surface area (Å²) < 4.78 is 4.81. The summed E-state index contributed by atoms with van der Waals surface area (Å²) in [5.41, 5.74) is -0.0988. The molecule has 0 fully saturated rings. The minimum atomic E-state index is -1.18. The van der Waals surface area contributed by atoms with E-state index in [0.29, 0.717) is 19.3 Å². The maximum absolute atomic E-state index is 13.5. The zero-order valence-corrected chi connectivity index (χ0v) is 26.3. The van der Waals surface area contributed by atoms with Crippen molar-refractivity contribution in [2.24, 2.45) is 5.92 Å². The number of aromatic carboxylic acids is 1. The van der Waals surface area contributed by atoms with Crippen LogP contribution in [-0.4, -0.2) is 39.5 Å². The van der Waals surface area contributed by atoms with Gasteiger partial charge >= 0.3 is 11.9 Å². The molecule has 0 aliphatic rings. The maximum atomic E-state index is 13.5. The van der Waals surface area contributed by atoms with Crippen LogP contribution in [0.25, 0.3) is 0 Å². The van der Waals surface area contributed by atoms with Crippen molar-refractivity contribution in [2.75, 3.05) is 5.75 Å². The molecule has 1 rings (SSSR count). The van der Waals surface area contributed by atoms with Gasteiger partial charge in [-0.2, -0.15) is 0 Å². The lowest BCUT2D eigenvalue weighted by atomic mass is 9.98. The number of hydrogen-bond donors (Lipinski definition) is 2. The third-order valence-electron chi connectivity index (χ3n) is 6.56. The van der Waals surface area contributed by atoms with E-state index in [1.54, 1.807) is 23.9 Å². The van der Waals surface area contributed by atoms with Crippen molar-refractivity contribution in [2.45, 2.75) is 96.8 Å². The van der Waals surface area contributed by atoms with Gasteiger partial charge in [-0.15, -0.1) is 11.8 Å². The predicted molar refractivity (Wildman–Crippen MR) is 172 cm³/mol. The molecular formula is C34H49NO5S. The van der Waals surface area contributed by atoms with Gasteiger partial charge in [0.15, 0.2) is 0 Å². The monoisotopic (exact) mass is 583 g/mol. The Hall–Kier alpha value is -3.06. The minimum Gasteiger partial charge on any atom is -0.478 e. The normalized spacial score (nSPS) is 13.1. The highest BCUT2D eigenvalue weighted by molar-refractivity contribution is 8.01. The van der Waals surface area contributed by atoms with Crippen LogP contribution in [0, 0.1) is 5.92 Å². The molecule has 7 heteroatoms. The molecule has 0 radical (unpaired) electrons. The number of nitrogens with one attached hydrogen (secondary N) is 1. The molecule has 0 aromatic heterocycles. The highest BCUT2D eigenvalue weighted by Crippen LogP contribution is 2.34. The minimum absolute atomic E-state index is 0.0300. The van der Waals surface area contributed by atoms with E-state index in [1.807, 2.05) is 27.7 Å². The van der Waals surface area contributed by atoms with Crippen LogP contribution < -0.4 is 10.1 Å². The van der Waals surface area contributed by atoms with E-state index in [0.717, 1.165) is 37.9 Å². The van der Waals surface area contributed by atoms with E-state index in [9.17, 15) is 19.5 Å². The van der Waals surface area contributed by atoms with Gasteiger partial charge in [0.05, 0.1) is 4.75 Å². The molecule has 0 saturated heterocycles. The molecule has 1 aromatic rings. The predicted octanol–water partition coefficient (Wildman–Crippen LogP) is 8.31. The summed E-state index contributed by atoms with van der Waals surface area (Å²) in [5.74, 6) is -1.16. The summed E-state index contributed by atoms with van der Waals surface area (Å²) in [5, 5.41) is 12.4. The number of para-hydroxylation sites is 1. The summed E-state index contributed by atoms with van der Waals surface area (Å²) in [6.07, 6.45) is 23.7. The van der Waals surface area contributed by atoms with E-state index in [2.05, 4.69) is 60.8 Å². The largest absolute Gasteiger partial charge is 0.478 e. The van der Waals surface area contributed by atoms with Gasteiger partial charge in [-0.1, -0.05) is 95.4 Å². The molecule has 6 nitrogen and oxygen atoms in total. The third kappa shape index (κ3) is 13.9. The lowest BCUT2D eigenvalue weighted by Crippen LogP contribution is -2.52. The van der Waals surface area contributed by atoms with Crippen LogP contribution in [-0.2, 0) is 9.59 Å². The van der Waals surface area contributed by atoms with Gasteiger partial charge in [-0.05, 0) is 75.2 Å². The van der Waals surface area contributed by atoms with Crippen LogP contribution in [0.15, 0.2) is 72.9 Å². The number of amides is 1. The van der Waals surface area contributed by atoms with Crippen molar-refractivity contribution in [3.05, 3.63) is 78.4 Å². The molecule has 1 amide bonds. The van der Waals surface area contributed by atoms with Gasteiger partial charge in [0.1, 0.15) is 17.4 Å². The lowest BCUT2D eigenvalue weighted by molar-refractivity contribution is -0.140. The summed E-state index contributed by atoms with van der Waals surface area (Å²) >= 11 is 1.62. The summed E-state index contributed by atoms with van der Waals surface area (Å²) in [4.78, 5) is 38.2. The van der Waals surface area contributed by atoms with Crippen LogP contribution in [0.4, 0.5) is 0 Å². The Morgan fingerprint density at radius 3 is 2.00 bits per heavy atom. The molecule has 0 aliphatic carbocycles. The van der Waals surface area contributed by atoms with E-state index in [-0.39, 0.29) is 23.1 Å². The Bertz CT molecular complexity index is 1050. The average molecular weight is 584 g/mol. The van der Waals surface area contributed by atoms with Gasteiger partial charge in [-0.3, -0.25) is 4.79 Å². The molecule has 0 spiro atoms. The molecule has 0 heterocycles. The first-order chi connectivity index (χ1) is 19.7. The molecule has 1 unspecified atom stereocenters. The molecule has 0 saturated carbocycles. The zero-order valence-electron chi connectivity index (χ0n) is 25.4. The zero-order chi connectivity index (χ0) is 30.5. The number of esters is 1. The number of allylic oxidation sites excluding steroid dienone is 8. The van der Waals surface area contributed by atoms with Crippen LogP contribution in [0.5, 0.6) is 5.75 Å². The Morgan fingerprint density at radius 1 is 0.902 bits per heavy atom. The Morgan fingerprint density at radius 2 is 1.46 bits per heavy atom. The fourth-order valence-corrected chi connectivity index (χ4v) is 5.39. The van der Waals surface area contributed by atoms with E-state index >= 15 is 0 Å². The molecule has 0 bridgehead atoms. The van der Waals surface area contributed by atoms with Gasteiger partial charge in [0.2, 0.25) is 5.91 Å². The number of rotatable bonds is 20. The van der Waals surface area contributed by atoms with E-state index < -0.39 is 22.7 Å². The fraction of sp³-hybridized carbons (Fsp3) is 0.500. The Labute approximate surface area is 251 Å². The number of carbonyl (C=O) groups excluding carboxylic acids is 2. The first-order valence-corrected chi connectivity index (χ1v) is 15.8. The van der Waals surface area contributed by atoms with E-state index in [1.165, 1.54) is 12.1 Å². The van der Waals surface area contributed by atoms with Crippen molar-refractivity contribution < 1.29 is 24.2 Å². The summed E-state index contributed by atoms with van der Waals surface area (Å²) in [7, 11) is 0. The summed E-state index contributed by atoms with van der Waals surface area (Å²) in [6.45, 7) is 10.0. The number of carbonyl (C=O) groups is 3. The van der Waals surface area contributed by atoms with Crippen molar-refractivity contribution in [1.82, 2.24) is 5.32 Å². The SMILES string of the molecule is CC/C=C\C/C=C\C/C=C\C/C=C\CCSC(CC)(CC)C(=O)NC(CC(C)C)C(=O)Oc1ccccc1C(=O)O. The maximum Gasteiger partial charge on any atom is 0.339 e. The van der Waals surface area contributed by atoms with Crippen molar-refractivity contribution in [1.29, 1.82) is 0 Å². The van der Waals surface area contributed by atoms with Crippen molar-refractivity contribution in [3.8, 4) is 5.75 Å². The number of ether oxygens (including phenoxy) is 1. The highest BCUT2D eigenvalue weighted by atomic mass is 32.2. The van der Waals surface area contributed by atoms with Crippen LogP contribution in [0.1, 0.15) is 96.3 Å². The number of benzene rings is 1. The smallest absolute Gasteiger partial charge is 0.339 e. The standard InChI is InChI=1S/C34H49NO5S/c1-6-9-10-11-12-13-14-15-16-17-18-19-22-25-41-34(7-2,8-3)33(39)35-29(26-27(4)5)32(38)40-30-24-21-20-23-28(30)31(36)37/h9-10,12-13,15-16,18-21,23-24,27,29H,6-8,11,14,17,22,25-26H2,1-5H3,(H,35,39)(H,36,37)/b10-9-,13-12-,16-15-,19-18-. The highest BCUT2D eigenvalue weighted by Gasteiger charge is 2.38. The van der Waals surface area contributed by atoms with Gasteiger partial charge in [-0.25, -0.2) is 9.59 Å². The first-order valence-electron chi connectivity index (χ1n) is 14.8. The number of carboxylic acids is 1. The molecule has 41 heavy (non-hydrogen) atoms. The number of thioether (sulfide) groups is 1. The van der Waals surface area contributed by atoms with Gasteiger partial charge in [0, 0.05) is 0 Å². The van der Waals surface area contributed by atoms with Crippen LogP contribution in [0.2, 0.25) is 0 Å². The van der Waals surface area contributed by atoms with Crippen LogP contribution in [0.3, 0.4) is 0 Å². The second-order valence-corrected chi connectivity index (χ2v) is 11.7. The molecule has 2 N–H and O–H groups in total. The quantitative estimate of drug-likeness (QED) is 0.0694. The molecule has 0 aliphatic heterocycles. The lowest BCUT2D eigenvalue weighted by Gasteiger charge is -2.32. The number of carboxylic acid groups (broad SMARTS) is 1. The van der Waals surface area contributed by atoms with Gasteiger partial charge in [0.25, 0.3) is 0 Å². The fourth-order valence-electron chi connectivity index (χ4n) is 4.15. The number of hydrogen-bond acceptors (Lipinski definition) is 5. The van der Waals surface area contributed by atoms with Crippen LogP contribution >= 0.6 is 11.8 Å². The van der Waals surface area contributed by atoms with E-state index in [4.69, 9.17) is 4.74 Å². The average Bonchev–Trinajstić information content (AvgIpc) is 2.95. The summed E-state index contributed by atoms with van der Waals surface area (Å²) in [6, 6.07) is 5.13. The van der Waals surface area contributed by atoms with Gasteiger partial charge < -0.3 is 15.2 Å². The molecular weight excluding hydrogens is 534 g/mol. The molecule has 226 valence electrons. The topological polar surface area (TPSA) is 92.7 Å². The Balaban J connectivity index is 2.70. The van der Waals surface area contributed by atoms with Crippen molar-refractivity contribution in [3.63, 3.8) is 0 Å². The second-order valence-electron chi connectivity index (χ2n) is 10.2. The third-order valence-corrected chi connectivity index (χ3v) is 8.32. The first kappa shape index (κ1) is 36.0.